The van der Waals surface area contributed by atoms with E-state index in [-0.39, 0.29) is 0 Å². The summed E-state index contributed by atoms with van der Waals surface area (Å²) in [5, 5.41) is 3.76. The van der Waals surface area contributed by atoms with Crippen molar-refractivity contribution in [2.45, 2.75) is 51.1 Å². The quantitative estimate of drug-likeness (QED) is 0.746. The average molecular weight is 253 g/mol. The maximum absolute atomic E-state index is 3.76. The topological polar surface area (TPSA) is 18.5 Å². The van der Waals surface area contributed by atoms with Crippen LogP contribution in [0.4, 0.5) is 0 Å². The van der Waals surface area contributed by atoms with Crippen molar-refractivity contribution in [2.75, 3.05) is 40.3 Å². The van der Waals surface area contributed by atoms with Gasteiger partial charge in [0.05, 0.1) is 0 Å². The molecule has 0 bridgehead atoms. The summed E-state index contributed by atoms with van der Waals surface area (Å²) in [7, 11) is 4.58. The third kappa shape index (κ3) is 4.22. The van der Waals surface area contributed by atoms with Crippen LogP contribution < -0.4 is 5.32 Å². The van der Waals surface area contributed by atoms with Gasteiger partial charge in [0.15, 0.2) is 0 Å². The molecule has 1 aliphatic heterocycles. The van der Waals surface area contributed by atoms with Crippen molar-refractivity contribution in [1.82, 2.24) is 15.1 Å². The zero-order valence-corrected chi connectivity index (χ0v) is 12.5. The number of likely N-dealkylation sites (N-methyl/N-ethyl adjacent to an activating group) is 2. The number of hydrogen-bond acceptors (Lipinski definition) is 3. The highest BCUT2D eigenvalue weighted by Crippen LogP contribution is 2.33. The fourth-order valence-corrected chi connectivity index (χ4v) is 3.17. The molecule has 0 aromatic carbocycles. The number of rotatable bonds is 7. The van der Waals surface area contributed by atoms with Gasteiger partial charge in [0, 0.05) is 25.2 Å². The Kier molecular flexibility index (Phi) is 5.46. The lowest BCUT2D eigenvalue weighted by molar-refractivity contribution is 0.122. The second-order valence-corrected chi connectivity index (χ2v) is 6.40. The van der Waals surface area contributed by atoms with E-state index in [1.807, 2.05) is 0 Å². The molecule has 1 saturated heterocycles. The van der Waals surface area contributed by atoms with E-state index in [4.69, 9.17) is 0 Å². The van der Waals surface area contributed by atoms with Crippen LogP contribution in [0.15, 0.2) is 0 Å². The number of nitrogens with zero attached hydrogens (tertiary/aromatic N) is 2. The van der Waals surface area contributed by atoms with Gasteiger partial charge in [-0.05, 0) is 65.2 Å². The summed E-state index contributed by atoms with van der Waals surface area (Å²) in [5.41, 5.74) is 0. The van der Waals surface area contributed by atoms with Crippen LogP contribution in [0.1, 0.15) is 39.0 Å². The highest BCUT2D eigenvalue weighted by atomic mass is 15.2. The van der Waals surface area contributed by atoms with Gasteiger partial charge >= 0.3 is 0 Å². The number of likely N-dealkylation sites (tertiary alicyclic amines) is 1. The summed E-state index contributed by atoms with van der Waals surface area (Å²) in [5.74, 6) is 0.959. The molecule has 1 saturated carbocycles. The molecule has 1 N–H and O–H groups in total. The van der Waals surface area contributed by atoms with Crippen LogP contribution in [0.2, 0.25) is 0 Å². The van der Waals surface area contributed by atoms with E-state index in [0.717, 1.165) is 18.0 Å². The minimum absolute atomic E-state index is 0.738. The average Bonchev–Trinajstić information content (AvgIpc) is 3.18. The van der Waals surface area contributed by atoms with Crippen molar-refractivity contribution in [2.24, 2.45) is 5.92 Å². The minimum atomic E-state index is 0.738. The third-order valence-electron chi connectivity index (χ3n) is 4.56. The number of piperidine rings is 1. The molecule has 2 atom stereocenters. The molecule has 0 aromatic rings. The van der Waals surface area contributed by atoms with Crippen LogP contribution in [0.25, 0.3) is 0 Å². The predicted molar refractivity (Wildman–Crippen MR) is 78.0 cm³/mol. The molecule has 0 radical (unpaired) electrons. The fraction of sp³-hybridized carbons (Fsp3) is 1.00. The van der Waals surface area contributed by atoms with Crippen molar-refractivity contribution in [3.8, 4) is 0 Å². The van der Waals surface area contributed by atoms with E-state index in [2.05, 4.69) is 36.1 Å². The van der Waals surface area contributed by atoms with Gasteiger partial charge in [-0.1, -0.05) is 6.92 Å². The Bertz CT molecular complexity index is 240. The van der Waals surface area contributed by atoms with Gasteiger partial charge in [0.25, 0.3) is 0 Å². The summed E-state index contributed by atoms with van der Waals surface area (Å²) in [4.78, 5) is 5.09. The first-order valence-corrected chi connectivity index (χ1v) is 7.83. The Hall–Kier alpha value is -0.120. The Labute approximate surface area is 113 Å². The standard InChI is InChI=1S/C15H31N3/c1-4-9-16-15(13-7-8-13)12-18(3)14-6-5-10-17(2)11-14/h13-16H,4-12H2,1-3H3. The van der Waals surface area contributed by atoms with Crippen molar-refractivity contribution in [1.29, 1.82) is 0 Å². The lowest BCUT2D eigenvalue weighted by atomic mass is 10.0. The zero-order valence-electron chi connectivity index (χ0n) is 12.5. The fourth-order valence-electron chi connectivity index (χ4n) is 3.17. The van der Waals surface area contributed by atoms with Gasteiger partial charge in [-0.2, -0.15) is 0 Å². The molecule has 2 unspecified atom stereocenters. The first-order valence-electron chi connectivity index (χ1n) is 7.83. The molecule has 18 heavy (non-hydrogen) atoms. The molecule has 2 aliphatic rings. The molecule has 1 heterocycles. The highest BCUT2D eigenvalue weighted by molar-refractivity contribution is 4.90. The van der Waals surface area contributed by atoms with Gasteiger partial charge < -0.3 is 15.1 Å². The Morgan fingerprint density at radius 2 is 2.11 bits per heavy atom. The molecule has 2 rings (SSSR count). The van der Waals surface area contributed by atoms with Gasteiger partial charge in [0.1, 0.15) is 0 Å². The Morgan fingerprint density at radius 3 is 2.72 bits per heavy atom. The van der Waals surface area contributed by atoms with Crippen LogP contribution in [0.3, 0.4) is 0 Å². The number of nitrogens with one attached hydrogen (secondary N) is 1. The van der Waals surface area contributed by atoms with Gasteiger partial charge in [-0.15, -0.1) is 0 Å². The van der Waals surface area contributed by atoms with Crippen LogP contribution in [-0.4, -0.2) is 62.2 Å². The first kappa shape index (κ1) is 14.3. The zero-order chi connectivity index (χ0) is 13.0. The van der Waals surface area contributed by atoms with Crippen molar-refractivity contribution >= 4 is 0 Å². The maximum Gasteiger partial charge on any atom is 0.0223 e. The smallest absolute Gasteiger partial charge is 0.0223 e. The van der Waals surface area contributed by atoms with Crippen LogP contribution in [-0.2, 0) is 0 Å². The van der Waals surface area contributed by atoms with E-state index >= 15 is 0 Å². The minimum Gasteiger partial charge on any atom is -0.312 e. The Morgan fingerprint density at radius 1 is 1.33 bits per heavy atom. The van der Waals surface area contributed by atoms with Crippen LogP contribution in [0.5, 0.6) is 0 Å². The summed E-state index contributed by atoms with van der Waals surface area (Å²) in [6.07, 6.45) is 6.88. The molecule has 1 aliphatic carbocycles. The molecule has 3 heteroatoms. The second-order valence-electron chi connectivity index (χ2n) is 6.40. The molecular formula is C15H31N3. The molecule has 2 fully saturated rings. The SMILES string of the molecule is CCCNC(CN(C)C1CCCN(C)C1)C1CC1. The van der Waals surface area contributed by atoms with E-state index < -0.39 is 0 Å². The first-order chi connectivity index (χ1) is 8.70. The molecular weight excluding hydrogens is 222 g/mol. The summed E-state index contributed by atoms with van der Waals surface area (Å²) < 4.78 is 0. The van der Waals surface area contributed by atoms with E-state index in [1.165, 1.54) is 58.3 Å². The van der Waals surface area contributed by atoms with Crippen molar-refractivity contribution < 1.29 is 0 Å². The van der Waals surface area contributed by atoms with Crippen LogP contribution >= 0.6 is 0 Å². The molecule has 0 amide bonds. The normalized spacial score (nSPS) is 27.7. The highest BCUT2D eigenvalue weighted by Gasteiger charge is 2.32. The van der Waals surface area contributed by atoms with E-state index in [0.29, 0.717) is 0 Å². The van der Waals surface area contributed by atoms with Crippen molar-refractivity contribution in [3.05, 3.63) is 0 Å². The largest absolute Gasteiger partial charge is 0.312 e. The predicted octanol–water partition coefficient (Wildman–Crippen LogP) is 1.79. The van der Waals surface area contributed by atoms with E-state index in [1.54, 1.807) is 0 Å². The lowest BCUT2D eigenvalue weighted by Crippen LogP contribution is -2.50. The maximum atomic E-state index is 3.76. The molecule has 0 aromatic heterocycles. The summed E-state index contributed by atoms with van der Waals surface area (Å²) in [6, 6.07) is 1.51. The lowest BCUT2D eigenvalue weighted by Gasteiger charge is -2.37. The van der Waals surface area contributed by atoms with Gasteiger partial charge in [-0.25, -0.2) is 0 Å². The van der Waals surface area contributed by atoms with E-state index in [9.17, 15) is 0 Å². The monoisotopic (exact) mass is 253 g/mol. The summed E-state index contributed by atoms with van der Waals surface area (Å²) in [6.45, 7) is 7.21. The molecule has 106 valence electrons. The third-order valence-corrected chi connectivity index (χ3v) is 4.56. The van der Waals surface area contributed by atoms with Crippen LogP contribution in [0, 0.1) is 5.92 Å². The summed E-state index contributed by atoms with van der Waals surface area (Å²) >= 11 is 0. The molecule has 0 spiro atoms. The van der Waals surface area contributed by atoms with Gasteiger partial charge in [0.2, 0.25) is 0 Å². The van der Waals surface area contributed by atoms with Gasteiger partial charge in [-0.3, -0.25) is 0 Å². The second kappa shape index (κ2) is 6.88. The Balaban J connectivity index is 1.78. The van der Waals surface area contributed by atoms with Crippen molar-refractivity contribution in [3.63, 3.8) is 0 Å². The molecule has 3 nitrogen and oxygen atoms in total. The number of hydrogen-bond donors (Lipinski definition) is 1.